The SMILES string of the molecule is C[C@@H]1CN(CC(=O)N2CC(C)(C)c3[nH]c(=O)c(Cc4c(F)c(F)c(F)c(F)c4F)cc32)[C@@H](CN2CCOC(C(N)=O)C2)CN1. The number of hydrogen-bond acceptors (Lipinski definition) is 7. The third-order valence-electron chi connectivity index (χ3n) is 8.59. The number of benzene rings is 1. The fourth-order valence-corrected chi connectivity index (χ4v) is 6.20. The molecule has 0 radical (unpaired) electrons. The van der Waals surface area contributed by atoms with Crippen molar-refractivity contribution in [3.63, 3.8) is 0 Å². The normalized spacial score (nSPS) is 24.0. The van der Waals surface area contributed by atoms with Crippen molar-refractivity contribution in [2.75, 3.05) is 57.3 Å². The molecule has 2 aromatic rings. The van der Waals surface area contributed by atoms with Crippen molar-refractivity contribution in [2.24, 2.45) is 5.73 Å². The number of carbonyl (C=O) groups is 2. The van der Waals surface area contributed by atoms with Crippen LogP contribution in [-0.4, -0.2) is 97.2 Å². The molecule has 3 atom stereocenters. The summed E-state index contributed by atoms with van der Waals surface area (Å²) < 4.78 is 75.6. The van der Waals surface area contributed by atoms with Gasteiger partial charge in [-0.1, -0.05) is 13.8 Å². The van der Waals surface area contributed by atoms with Crippen LogP contribution in [0.4, 0.5) is 27.6 Å². The van der Waals surface area contributed by atoms with Crippen LogP contribution in [0, 0.1) is 29.1 Å². The lowest BCUT2D eigenvalue weighted by Gasteiger charge is -2.43. The molecule has 0 bridgehead atoms. The molecule has 240 valence electrons. The molecule has 2 fully saturated rings. The predicted octanol–water partition coefficient (Wildman–Crippen LogP) is 1.13. The molecule has 0 aliphatic carbocycles. The van der Waals surface area contributed by atoms with E-state index >= 15 is 0 Å². The number of primary amides is 1. The van der Waals surface area contributed by atoms with Crippen LogP contribution in [0.2, 0.25) is 0 Å². The lowest BCUT2D eigenvalue weighted by molar-refractivity contribution is -0.135. The zero-order valence-corrected chi connectivity index (χ0v) is 24.6. The van der Waals surface area contributed by atoms with Crippen molar-refractivity contribution in [2.45, 2.75) is 50.8 Å². The van der Waals surface area contributed by atoms with Crippen molar-refractivity contribution in [1.82, 2.24) is 20.1 Å². The maximum atomic E-state index is 14.4. The lowest BCUT2D eigenvalue weighted by Crippen LogP contribution is -2.62. The number of aromatic amines is 1. The molecule has 0 saturated carbocycles. The van der Waals surface area contributed by atoms with E-state index in [9.17, 15) is 36.3 Å². The number of hydrogen-bond donors (Lipinski definition) is 3. The van der Waals surface area contributed by atoms with Crippen LogP contribution in [-0.2, 0) is 26.2 Å². The van der Waals surface area contributed by atoms with Crippen LogP contribution in [0.5, 0.6) is 0 Å². The lowest BCUT2D eigenvalue weighted by atomic mass is 9.91. The van der Waals surface area contributed by atoms with Crippen molar-refractivity contribution in [3.05, 3.63) is 62.3 Å². The van der Waals surface area contributed by atoms with Gasteiger partial charge in [0.1, 0.15) is 6.10 Å². The van der Waals surface area contributed by atoms with Crippen LogP contribution in [0.1, 0.15) is 37.6 Å². The minimum Gasteiger partial charge on any atom is -0.367 e. The zero-order chi connectivity index (χ0) is 32.1. The molecule has 3 aliphatic rings. The minimum absolute atomic E-state index is 0.0158. The van der Waals surface area contributed by atoms with Crippen LogP contribution < -0.4 is 21.5 Å². The first-order valence-electron chi connectivity index (χ1n) is 14.4. The van der Waals surface area contributed by atoms with Gasteiger partial charge in [0.05, 0.1) is 18.8 Å². The largest absolute Gasteiger partial charge is 0.367 e. The highest BCUT2D eigenvalue weighted by Crippen LogP contribution is 2.39. The van der Waals surface area contributed by atoms with E-state index in [1.165, 1.54) is 11.0 Å². The van der Waals surface area contributed by atoms with Crippen molar-refractivity contribution < 1.29 is 36.3 Å². The molecular weight excluding hydrogens is 591 g/mol. The molecule has 44 heavy (non-hydrogen) atoms. The molecule has 3 aliphatic heterocycles. The molecule has 4 heterocycles. The fourth-order valence-electron chi connectivity index (χ4n) is 6.20. The maximum Gasteiger partial charge on any atom is 0.251 e. The van der Waals surface area contributed by atoms with Gasteiger partial charge in [-0.2, -0.15) is 0 Å². The highest BCUT2D eigenvalue weighted by molar-refractivity contribution is 5.97. The van der Waals surface area contributed by atoms with E-state index in [0.29, 0.717) is 50.7 Å². The monoisotopic (exact) mass is 626 g/mol. The quantitative estimate of drug-likeness (QED) is 0.239. The van der Waals surface area contributed by atoms with E-state index in [1.807, 2.05) is 25.7 Å². The first kappa shape index (κ1) is 32.0. The van der Waals surface area contributed by atoms with Crippen LogP contribution >= 0.6 is 0 Å². The van der Waals surface area contributed by atoms with Gasteiger partial charge in [-0.3, -0.25) is 24.2 Å². The number of morpholine rings is 1. The molecule has 5 rings (SSSR count). The van der Waals surface area contributed by atoms with E-state index in [4.69, 9.17) is 10.5 Å². The Balaban J connectivity index is 1.39. The summed E-state index contributed by atoms with van der Waals surface area (Å²) in [5.41, 5.74) is 3.31. The number of amides is 2. The number of nitrogens with two attached hydrogens (primary N) is 1. The molecule has 1 aromatic carbocycles. The van der Waals surface area contributed by atoms with E-state index in [2.05, 4.69) is 15.2 Å². The summed E-state index contributed by atoms with van der Waals surface area (Å²) in [7, 11) is 0. The van der Waals surface area contributed by atoms with Crippen LogP contribution in [0.15, 0.2) is 10.9 Å². The second-order valence-electron chi connectivity index (χ2n) is 12.4. The topological polar surface area (TPSA) is 124 Å². The molecule has 1 aromatic heterocycles. The molecule has 0 spiro atoms. The van der Waals surface area contributed by atoms with Crippen molar-refractivity contribution >= 4 is 17.5 Å². The number of carbonyl (C=O) groups excluding carboxylic acids is 2. The van der Waals surface area contributed by atoms with Crippen LogP contribution in [0.25, 0.3) is 0 Å². The second-order valence-corrected chi connectivity index (χ2v) is 12.4. The minimum atomic E-state index is -2.29. The van der Waals surface area contributed by atoms with Gasteiger partial charge in [-0.05, 0) is 13.0 Å². The summed E-state index contributed by atoms with van der Waals surface area (Å²) in [5.74, 6) is -11.3. The third kappa shape index (κ3) is 6.10. The summed E-state index contributed by atoms with van der Waals surface area (Å²) in [5, 5.41) is 3.42. The summed E-state index contributed by atoms with van der Waals surface area (Å²) in [6.07, 6.45) is -1.58. The number of nitrogens with one attached hydrogen (secondary N) is 2. The number of pyridine rings is 1. The van der Waals surface area contributed by atoms with Crippen molar-refractivity contribution in [3.8, 4) is 0 Å². The molecule has 10 nitrogen and oxygen atoms in total. The highest BCUT2D eigenvalue weighted by Gasteiger charge is 2.41. The zero-order valence-electron chi connectivity index (χ0n) is 24.6. The molecule has 4 N–H and O–H groups in total. The number of halogens is 5. The van der Waals surface area contributed by atoms with Gasteiger partial charge < -0.3 is 25.7 Å². The van der Waals surface area contributed by atoms with Gasteiger partial charge in [-0.15, -0.1) is 0 Å². The van der Waals surface area contributed by atoms with E-state index in [-0.39, 0.29) is 36.6 Å². The molecule has 2 saturated heterocycles. The Labute approximate surface area is 250 Å². The third-order valence-corrected chi connectivity index (χ3v) is 8.59. The Morgan fingerprint density at radius 1 is 1.07 bits per heavy atom. The van der Waals surface area contributed by atoms with Gasteiger partial charge >= 0.3 is 0 Å². The summed E-state index contributed by atoms with van der Waals surface area (Å²) in [6.45, 7) is 8.85. The Hall–Kier alpha value is -3.40. The molecule has 2 amide bonds. The maximum absolute atomic E-state index is 14.4. The summed E-state index contributed by atoms with van der Waals surface area (Å²) in [4.78, 5) is 46.7. The van der Waals surface area contributed by atoms with E-state index in [1.54, 1.807) is 0 Å². The van der Waals surface area contributed by atoms with Gasteiger partial charge in [-0.25, -0.2) is 22.0 Å². The Morgan fingerprint density at radius 3 is 2.39 bits per heavy atom. The number of anilines is 1. The number of piperazine rings is 1. The Morgan fingerprint density at radius 2 is 1.73 bits per heavy atom. The highest BCUT2D eigenvalue weighted by atomic mass is 19.2. The van der Waals surface area contributed by atoms with Gasteiger partial charge in [0.2, 0.25) is 17.6 Å². The average molecular weight is 627 g/mol. The van der Waals surface area contributed by atoms with E-state index < -0.39 is 64.1 Å². The number of rotatable bonds is 7. The Bertz CT molecular complexity index is 1510. The smallest absolute Gasteiger partial charge is 0.251 e. The average Bonchev–Trinajstić information content (AvgIpc) is 3.24. The summed E-state index contributed by atoms with van der Waals surface area (Å²) >= 11 is 0. The summed E-state index contributed by atoms with van der Waals surface area (Å²) in [6, 6.07) is 1.29. The van der Waals surface area contributed by atoms with Gasteiger partial charge in [0, 0.05) is 80.0 Å². The second kappa shape index (κ2) is 12.2. The number of ether oxygens (including phenoxy) is 1. The Kier molecular flexibility index (Phi) is 8.86. The fraction of sp³-hybridized carbons (Fsp3) is 0.552. The van der Waals surface area contributed by atoms with Crippen LogP contribution in [0.3, 0.4) is 0 Å². The van der Waals surface area contributed by atoms with E-state index in [0.717, 1.165) is 0 Å². The van der Waals surface area contributed by atoms with Crippen molar-refractivity contribution in [1.29, 1.82) is 0 Å². The first-order valence-corrected chi connectivity index (χ1v) is 14.4. The number of nitrogens with zero attached hydrogens (tertiary/aromatic N) is 3. The standard InChI is InChI=1S/C29H35F5N6O4/c1-14-9-39(16(8-36-14)10-38-4-5-44-19(11-38)27(35)42)12-20(41)40-13-29(2,3)26-18(40)7-15(28(43)37-26)6-17-21(30)23(32)25(34)24(33)22(17)31/h7,14,16,19,36H,4-6,8-13H2,1-3H3,(H2,35,42)(H,37,43)/t14-,16-,19?/m1/s1. The number of H-pyrrole nitrogens is 1. The van der Waals surface area contributed by atoms with Gasteiger partial charge in [0.15, 0.2) is 23.3 Å². The molecule has 15 heteroatoms. The molecular formula is C29H35F5N6O4. The number of aromatic nitrogens is 1. The predicted molar refractivity (Wildman–Crippen MR) is 150 cm³/mol. The van der Waals surface area contributed by atoms with Gasteiger partial charge in [0.25, 0.3) is 5.56 Å². The first-order chi connectivity index (χ1) is 20.7. The molecule has 1 unspecified atom stereocenters. The number of fused-ring (bicyclic) bond motifs is 1.